The minimum Gasteiger partial charge on any atom is -0.494 e. The van der Waals surface area contributed by atoms with Gasteiger partial charge in [-0.3, -0.25) is 4.79 Å². The maximum atomic E-state index is 14.3. The highest BCUT2D eigenvalue weighted by Crippen LogP contribution is 2.30. The van der Waals surface area contributed by atoms with Gasteiger partial charge in [0.2, 0.25) is 0 Å². The van der Waals surface area contributed by atoms with E-state index in [1.165, 1.54) is 7.11 Å². The van der Waals surface area contributed by atoms with Crippen LogP contribution in [0.3, 0.4) is 0 Å². The molecule has 0 spiro atoms. The molecule has 4 nitrogen and oxygen atoms in total. The number of carboxylic acid groups (broad SMARTS) is 1. The number of aliphatic carboxylic acids is 1. The first-order chi connectivity index (χ1) is 10.0. The van der Waals surface area contributed by atoms with Crippen molar-refractivity contribution in [2.24, 2.45) is 5.73 Å². The summed E-state index contributed by atoms with van der Waals surface area (Å²) in [6.45, 7) is 0. The van der Waals surface area contributed by atoms with Crippen molar-refractivity contribution in [3.63, 3.8) is 0 Å². The monoisotopic (exact) mass is 289 g/mol. The van der Waals surface area contributed by atoms with Crippen LogP contribution in [0.25, 0.3) is 11.1 Å². The van der Waals surface area contributed by atoms with Gasteiger partial charge < -0.3 is 15.6 Å². The van der Waals surface area contributed by atoms with Crippen LogP contribution in [-0.2, 0) is 4.79 Å². The van der Waals surface area contributed by atoms with Crippen LogP contribution >= 0.6 is 0 Å². The molecule has 0 heterocycles. The van der Waals surface area contributed by atoms with Crippen LogP contribution in [0.4, 0.5) is 4.39 Å². The third-order valence-electron chi connectivity index (χ3n) is 3.20. The molecule has 0 aromatic heterocycles. The lowest BCUT2D eigenvalue weighted by Crippen LogP contribution is -2.14. The van der Waals surface area contributed by atoms with Crippen molar-refractivity contribution in [1.29, 1.82) is 0 Å². The highest BCUT2D eigenvalue weighted by Gasteiger charge is 2.14. The van der Waals surface area contributed by atoms with Crippen LogP contribution in [0.15, 0.2) is 42.5 Å². The molecule has 0 fully saturated rings. The van der Waals surface area contributed by atoms with Gasteiger partial charge >= 0.3 is 5.97 Å². The number of ether oxygens (including phenoxy) is 1. The first kappa shape index (κ1) is 15.0. The highest BCUT2D eigenvalue weighted by molar-refractivity contribution is 5.69. The zero-order valence-corrected chi connectivity index (χ0v) is 11.5. The SMILES string of the molecule is COc1cccc(-c2cccc([C@@H](N)CC(=O)O)c2)c1F. The van der Waals surface area contributed by atoms with Gasteiger partial charge in [0, 0.05) is 11.6 Å². The molecule has 0 aliphatic carbocycles. The maximum Gasteiger partial charge on any atom is 0.305 e. The largest absolute Gasteiger partial charge is 0.494 e. The molecule has 110 valence electrons. The van der Waals surface area contributed by atoms with Gasteiger partial charge in [0.25, 0.3) is 0 Å². The van der Waals surface area contributed by atoms with Crippen LogP contribution in [0.5, 0.6) is 5.75 Å². The summed E-state index contributed by atoms with van der Waals surface area (Å²) in [7, 11) is 1.40. The summed E-state index contributed by atoms with van der Waals surface area (Å²) < 4.78 is 19.2. The molecule has 0 bridgehead atoms. The van der Waals surface area contributed by atoms with Crippen molar-refractivity contribution in [2.75, 3.05) is 7.11 Å². The molecule has 2 aromatic carbocycles. The van der Waals surface area contributed by atoms with E-state index in [9.17, 15) is 9.18 Å². The quantitative estimate of drug-likeness (QED) is 0.887. The smallest absolute Gasteiger partial charge is 0.305 e. The second kappa shape index (κ2) is 6.37. The molecule has 0 saturated heterocycles. The Morgan fingerprint density at radius 1 is 1.33 bits per heavy atom. The number of hydrogen-bond acceptors (Lipinski definition) is 3. The van der Waals surface area contributed by atoms with Crippen LogP contribution < -0.4 is 10.5 Å². The number of hydrogen-bond donors (Lipinski definition) is 2. The van der Waals surface area contributed by atoms with Crippen molar-refractivity contribution in [2.45, 2.75) is 12.5 Å². The van der Waals surface area contributed by atoms with Crippen LogP contribution in [0, 0.1) is 5.82 Å². The molecule has 3 N–H and O–H groups in total. The fraction of sp³-hybridized carbons (Fsp3) is 0.188. The van der Waals surface area contributed by atoms with E-state index in [1.807, 2.05) is 0 Å². The summed E-state index contributed by atoms with van der Waals surface area (Å²) >= 11 is 0. The summed E-state index contributed by atoms with van der Waals surface area (Å²) in [5.74, 6) is -1.27. The molecule has 0 aliphatic heterocycles. The zero-order valence-electron chi connectivity index (χ0n) is 11.5. The van der Waals surface area contributed by atoms with Crippen molar-refractivity contribution in [3.05, 3.63) is 53.8 Å². The second-order valence-electron chi connectivity index (χ2n) is 4.65. The Labute approximate surface area is 122 Å². The Morgan fingerprint density at radius 3 is 2.71 bits per heavy atom. The van der Waals surface area contributed by atoms with Gasteiger partial charge in [0.1, 0.15) is 0 Å². The Kier molecular flexibility index (Phi) is 4.55. The average Bonchev–Trinajstić information content (AvgIpc) is 2.47. The summed E-state index contributed by atoms with van der Waals surface area (Å²) in [4.78, 5) is 10.7. The zero-order chi connectivity index (χ0) is 15.4. The summed E-state index contributed by atoms with van der Waals surface area (Å²) in [6, 6.07) is 11.1. The van der Waals surface area contributed by atoms with Gasteiger partial charge in [-0.25, -0.2) is 4.39 Å². The van der Waals surface area contributed by atoms with E-state index >= 15 is 0 Å². The number of carboxylic acids is 1. The maximum absolute atomic E-state index is 14.3. The number of nitrogens with two attached hydrogens (primary N) is 1. The first-order valence-electron chi connectivity index (χ1n) is 6.43. The number of benzene rings is 2. The van der Waals surface area contributed by atoms with E-state index in [1.54, 1.807) is 42.5 Å². The summed E-state index contributed by atoms with van der Waals surface area (Å²) in [5.41, 5.74) is 7.50. The Balaban J connectivity index is 2.40. The summed E-state index contributed by atoms with van der Waals surface area (Å²) in [5, 5.41) is 8.79. The van der Waals surface area contributed by atoms with Gasteiger partial charge in [0.15, 0.2) is 11.6 Å². The Morgan fingerprint density at radius 2 is 2.05 bits per heavy atom. The third kappa shape index (κ3) is 3.38. The lowest BCUT2D eigenvalue weighted by Gasteiger charge is -2.12. The van der Waals surface area contributed by atoms with Crippen LogP contribution in [0.2, 0.25) is 0 Å². The molecule has 5 heteroatoms. The number of carbonyl (C=O) groups is 1. The van der Waals surface area contributed by atoms with E-state index in [2.05, 4.69) is 0 Å². The van der Waals surface area contributed by atoms with Crippen molar-refractivity contribution >= 4 is 5.97 Å². The molecule has 2 aromatic rings. The van der Waals surface area contributed by atoms with E-state index in [0.717, 1.165) is 0 Å². The molecule has 2 rings (SSSR count). The van der Waals surface area contributed by atoms with E-state index < -0.39 is 17.8 Å². The molecular formula is C16H16FNO3. The fourth-order valence-corrected chi connectivity index (χ4v) is 2.13. The van der Waals surface area contributed by atoms with Crippen LogP contribution in [0.1, 0.15) is 18.0 Å². The van der Waals surface area contributed by atoms with Gasteiger partial charge in [-0.2, -0.15) is 0 Å². The predicted octanol–water partition coefficient (Wildman–Crippen LogP) is 2.98. The van der Waals surface area contributed by atoms with Gasteiger partial charge in [-0.1, -0.05) is 30.3 Å². The van der Waals surface area contributed by atoms with Crippen molar-refractivity contribution in [1.82, 2.24) is 0 Å². The molecule has 0 unspecified atom stereocenters. The van der Waals surface area contributed by atoms with Gasteiger partial charge in [-0.05, 0) is 23.3 Å². The molecule has 21 heavy (non-hydrogen) atoms. The topological polar surface area (TPSA) is 72.5 Å². The summed E-state index contributed by atoms with van der Waals surface area (Å²) in [6.07, 6.45) is -0.177. The molecule has 0 aliphatic rings. The number of rotatable bonds is 5. The van der Waals surface area contributed by atoms with E-state index in [4.69, 9.17) is 15.6 Å². The Hall–Kier alpha value is -2.40. The van der Waals surface area contributed by atoms with E-state index in [0.29, 0.717) is 16.7 Å². The highest BCUT2D eigenvalue weighted by atomic mass is 19.1. The van der Waals surface area contributed by atoms with Gasteiger partial charge in [0.05, 0.1) is 13.5 Å². The first-order valence-corrected chi connectivity index (χ1v) is 6.43. The molecule has 1 atom stereocenters. The predicted molar refractivity (Wildman–Crippen MR) is 77.6 cm³/mol. The molecule has 0 radical (unpaired) electrons. The third-order valence-corrected chi connectivity index (χ3v) is 3.20. The molecular weight excluding hydrogens is 273 g/mol. The van der Waals surface area contributed by atoms with E-state index in [-0.39, 0.29) is 12.2 Å². The van der Waals surface area contributed by atoms with Gasteiger partial charge in [-0.15, -0.1) is 0 Å². The average molecular weight is 289 g/mol. The number of methoxy groups -OCH3 is 1. The van der Waals surface area contributed by atoms with Crippen molar-refractivity contribution < 1.29 is 19.0 Å². The lowest BCUT2D eigenvalue weighted by atomic mass is 9.98. The normalized spacial score (nSPS) is 12.0. The molecule has 0 amide bonds. The number of halogens is 1. The second-order valence-corrected chi connectivity index (χ2v) is 4.65. The minimum atomic E-state index is -0.972. The fourth-order valence-electron chi connectivity index (χ4n) is 2.13. The lowest BCUT2D eigenvalue weighted by molar-refractivity contribution is -0.137. The minimum absolute atomic E-state index is 0.160. The molecule has 0 saturated carbocycles. The van der Waals surface area contributed by atoms with Crippen molar-refractivity contribution in [3.8, 4) is 16.9 Å². The van der Waals surface area contributed by atoms with Crippen LogP contribution in [-0.4, -0.2) is 18.2 Å². The standard InChI is InChI=1S/C16H16FNO3/c1-21-14-7-3-6-12(16(14)17)10-4-2-5-11(8-10)13(18)9-15(19)20/h2-8,13H,9,18H2,1H3,(H,19,20)/t13-/m0/s1. The Bertz CT molecular complexity index is 658.